The van der Waals surface area contributed by atoms with Crippen LogP contribution < -0.4 is 5.84 Å². The Kier molecular flexibility index (Phi) is 8.01. The van der Waals surface area contributed by atoms with Gasteiger partial charge in [0.25, 0.3) is 0 Å². The van der Waals surface area contributed by atoms with Crippen LogP contribution in [0.1, 0.15) is 12.7 Å². The zero-order valence-corrected chi connectivity index (χ0v) is 9.11. The molecule has 1 heterocycles. The third kappa shape index (κ3) is 5.51. The molecule has 0 fully saturated rings. The first-order chi connectivity index (χ1) is 5.99. The Morgan fingerprint density at radius 2 is 2.14 bits per heavy atom. The van der Waals surface area contributed by atoms with Gasteiger partial charge in [-0.1, -0.05) is 6.92 Å². The number of aromatic nitrogens is 3. The summed E-state index contributed by atoms with van der Waals surface area (Å²) in [5.41, 5.74) is 0. The minimum atomic E-state index is -1.25. The topological polar surface area (TPSA) is 120 Å². The van der Waals surface area contributed by atoms with Gasteiger partial charge >= 0.3 is 22.2 Å². The molecule has 0 aliphatic carbocycles. The molecule has 0 atom stereocenters. The summed E-state index contributed by atoms with van der Waals surface area (Å²) in [5.74, 6) is 6.21. The first-order valence-electron chi connectivity index (χ1n) is 3.25. The molecule has 1 aromatic rings. The number of aryl methyl sites for hydroxylation is 1. The summed E-state index contributed by atoms with van der Waals surface area (Å²) in [7, 11) is 0. The van der Waals surface area contributed by atoms with Crippen LogP contribution in [0, 0.1) is 9.68 Å². The second-order valence-corrected chi connectivity index (χ2v) is 2.31. The zero-order chi connectivity index (χ0) is 10.4. The smallest absolute Gasteiger partial charge is 0.335 e. The molecule has 0 unspecified atom stereocenters. The van der Waals surface area contributed by atoms with E-state index in [4.69, 9.17) is 33.4 Å². The fraction of sp³-hybridized carbons (Fsp3) is 0.500. The molecule has 0 saturated carbocycles. The van der Waals surface area contributed by atoms with Gasteiger partial charge in [0, 0.05) is 6.42 Å². The molecular weight excluding hydrogens is 254 g/mol. The summed E-state index contributed by atoms with van der Waals surface area (Å²) in [5, 5.41) is 19.0. The van der Waals surface area contributed by atoms with Gasteiger partial charge in [-0.15, -0.1) is 0 Å². The molecule has 1 rings (SSSR count). The van der Waals surface area contributed by atoms with Crippen LogP contribution in [-0.4, -0.2) is 30.4 Å². The maximum atomic E-state index is 8.47. The molecule has 0 aliphatic heterocycles. The van der Waals surface area contributed by atoms with Crippen molar-refractivity contribution in [3.63, 3.8) is 0 Å². The summed E-state index contributed by atoms with van der Waals surface area (Å²) in [6.07, 6.45) is 0.795. The minimum absolute atomic E-state index is 0. The molecule has 0 radical (unpaired) electrons. The van der Waals surface area contributed by atoms with Crippen molar-refractivity contribution < 1.29 is 32.6 Å². The number of H-pyrrole nitrogens is 1. The van der Waals surface area contributed by atoms with Gasteiger partial charge in [0.2, 0.25) is 4.77 Å². The number of nitrogens with zero attached hydrogens (tertiary/aromatic N) is 3. The van der Waals surface area contributed by atoms with Gasteiger partial charge in [-0.2, -0.15) is 5.10 Å². The third-order valence-corrected chi connectivity index (χ3v) is 1.38. The molecule has 10 heteroatoms. The van der Waals surface area contributed by atoms with Gasteiger partial charge < -0.3 is 5.84 Å². The molecule has 0 bridgehead atoms. The van der Waals surface area contributed by atoms with Crippen molar-refractivity contribution in [3.05, 3.63) is 15.5 Å². The van der Waals surface area contributed by atoms with Gasteiger partial charge in [-0.05, 0) is 12.2 Å². The largest absolute Gasteiger partial charge is 2.00 e. The van der Waals surface area contributed by atoms with Gasteiger partial charge in [-0.3, -0.25) is 5.10 Å². The van der Waals surface area contributed by atoms with E-state index in [9.17, 15) is 0 Å². The number of nitrogen functional groups attached to an aromatic ring is 1. The summed E-state index contributed by atoms with van der Waals surface area (Å²) >= 11 is 4.76. The van der Waals surface area contributed by atoms with Crippen LogP contribution >= 0.6 is 12.2 Å². The Balaban J connectivity index is 0. The predicted molar refractivity (Wildman–Crippen MR) is 44.1 cm³/mol. The maximum Gasteiger partial charge on any atom is 2.00 e. The number of rotatable bonds is 1. The van der Waals surface area contributed by atoms with Crippen molar-refractivity contribution in [2.24, 2.45) is 0 Å². The summed E-state index contributed by atoms with van der Waals surface area (Å²) in [6.45, 7) is 1.97. The zero-order valence-electron chi connectivity index (χ0n) is 7.19. The van der Waals surface area contributed by atoms with Gasteiger partial charge in [0.1, 0.15) is 10.7 Å². The first kappa shape index (κ1) is 15.4. The second-order valence-electron chi connectivity index (χ2n) is 1.92. The number of hydrogen-bond acceptors (Lipinski definition) is 4. The molecular formula is C4H10FeN5O3S+3. The Morgan fingerprint density at radius 1 is 1.71 bits per heavy atom. The van der Waals surface area contributed by atoms with Gasteiger partial charge in [-0.25, -0.2) is 15.1 Å². The van der Waals surface area contributed by atoms with Gasteiger partial charge in [0.15, 0.2) is 0 Å². The molecule has 14 heavy (non-hydrogen) atoms. The van der Waals surface area contributed by atoms with E-state index in [2.05, 4.69) is 10.2 Å². The molecule has 5 N–H and O–H groups in total. The molecule has 8 nitrogen and oxygen atoms in total. The molecule has 80 valence electrons. The Labute approximate surface area is 94.7 Å². The van der Waals surface area contributed by atoms with E-state index < -0.39 is 5.09 Å². The minimum Gasteiger partial charge on any atom is -0.335 e. The van der Waals surface area contributed by atoms with E-state index in [-0.39, 0.29) is 17.1 Å². The SMILES string of the molecule is CCc1n[nH]c(=S)n1N.O=[N+](O)O.[Fe+2]. The average Bonchev–Trinajstić information content (AvgIpc) is 2.32. The van der Waals surface area contributed by atoms with Gasteiger partial charge in [0.05, 0.1) is 0 Å². The average molecular weight is 264 g/mol. The molecule has 0 spiro atoms. The number of nitrogens with one attached hydrogen (secondary N) is 1. The van der Waals surface area contributed by atoms with Crippen molar-refractivity contribution in [2.75, 3.05) is 5.84 Å². The molecule has 0 amide bonds. The van der Waals surface area contributed by atoms with E-state index in [1.807, 2.05) is 6.92 Å². The molecule has 0 aliphatic rings. The fourth-order valence-electron chi connectivity index (χ4n) is 0.587. The van der Waals surface area contributed by atoms with Crippen molar-refractivity contribution in [1.82, 2.24) is 14.9 Å². The van der Waals surface area contributed by atoms with E-state index >= 15 is 0 Å². The van der Waals surface area contributed by atoms with Crippen molar-refractivity contribution in [2.45, 2.75) is 13.3 Å². The van der Waals surface area contributed by atoms with Crippen LogP contribution in [-0.2, 0) is 23.5 Å². The van der Waals surface area contributed by atoms with E-state index in [0.29, 0.717) is 4.77 Å². The number of hydrogen-bond donors (Lipinski definition) is 4. The predicted octanol–water partition coefficient (Wildman–Crippen LogP) is -0.242. The summed E-state index contributed by atoms with van der Waals surface area (Å²) in [4.78, 5) is 8.47. The number of aromatic amines is 1. The van der Waals surface area contributed by atoms with Crippen LogP contribution in [0.4, 0.5) is 0 Å². The Hall–Kier alpha value is -1.12. The Morgan fingerprint density at radius 3 is 2.29 bits per heavy atom. The summed E-state index contributed by atoms with van der Waals surface area (Å²) < 4.78 is 1.84. The number of nitrogens with two attached hydrogens (primary N) is 1. The molecule has 0 aromatic carbocycles. The van der Waals surface area contributed by atoms with Crippen LogP contribution in [0.3, 0.4) is 0 Å². The van der Waals surface area contributed by atoms with E-state index in [1.165, 1.54) is 4.68 Å². The second kappa shape index (κ2) is 7.30. The standard InChI is InChI=1S/C4H8N4S.Fe.H2NO3/c1-2-3-6-7-4(9)8(3)5;;2-1(3)4/h2,5H2,1H3,(H,7,9);;(H2,2,3,4)/q;+2;+1. The van der Waals surface area contributed by atoms with E-state index in [0.717, 1.165) is 12.2 Å². The summed E-state index contributed by atoms with van der Waals surface area (Å²) in [6, 6.07) is 0. The quantitative estimate of drug-likeness (QED) is 0.240. The van der Waals surface area contributed by atoms with Crippen LogP contribution in [0.2, 0.25) is 0 Å². The first-order valence-corrected chi connectivity index (χ1v) is 3.66. The third-order valence-electron chi connectivity index (χ3n) is 1.09. The van der Waals surface area contributed by atoms with Crippen molar-refractivity contribution >= 4 is 12.2 Å². The molecule has 1 aromatic heterocycles. The van der Waals surface area contributed by atoms with Crippen LogP contribution in [0.15, 0.2) is 0 Å². The monoisotopic (exact) mass is 264 g/mol. The van der Waals surface area contributed by atoms with Crippen molar-refractivity contribution in [3.8, 4) is 0 Å². The van der Waals surface area contributed by atoms with Crippen LogP contribution in [0.5, 0.6) is 0 Å². The maximum absolute atomic E-state index is 8.47. The molecule has 0 saturated heterocycles. The normalized spacial score (nSPS) is 8.07. The fourth-order valence-corrected chi connectivity index (χ4v) is 0.738. The van der Waals surface area contributed by atoms with Crippen molar-refractivity contribution in [1.29, 1.82) is 0 Å². The van der Waals surface area contributed by atoms with Crippen LogP contribution in [0.25, 0.3) is 0 Å². The Bertz CT molecular complexity index is 332. The van der Waals surface area contributed by atoms with E-state index in [1.54, 1.807) is 0 Å².